The molecular weight excluding hydrogens is 402 g/mol. The SMILES string of the molecule is O=C(c1cc2cc(Br)ccc2o1)N(Cc1ccccc1)Cc1ccccc1. The fourth-order valence-electron chi connectivity index (χ4n) is 3.08. The van der Waals surface area contributed by atoms with E-state index in [9.17, 15) is 4.79 Å². The third-order valence-electron chi connectivity index (χ3n) is 4.41. The quantitative estimate of drug-likeness (QED) is 0.395. The predicted molar refractivity (Wildman–Crippen MR) is 110 cm³/mol. The lowest BCUT2D eigenvalue weighted by molar-refractivity contribution is 0.0700. The molecule has 1 amide bonds. The summed E-state index contributed by atoms with van der Waals surface area (Å²) in [5, 5.41) is 0.909. The number of hydrogen-bond acceptors (Lipinski definition) is 2. The van der Waals surface area contributed by atoms with Crippen molar-refractivity contribution in [3.05, 3.63) is 106 Å². The minimum Gasteiger partial charge on any atom is -0.451 e. The Labute approximate surface area is 166 Å². The molecule has 0 saturated carbocycles. The van der Waals surface area contributed by atoms with Crippen LogP contribution in [0.15, 0.2) is 93.8 Å². The first-order valence-electron chi connectivity index (χ1n) is 8.75. The molecular formula is C23H18BrNO2. The normalized spacial score (nSPS) is 10.9. The highest BCUT2D eigenvalue weighted by Crippen LogP contribution is 2.25. The average molecular weight is 420 g/mol. The van der Waals surface area contributed by atoms with Gasteiger partial charge in [-0.2, -0.15) is 0 Å². The number of carbonyl (C=O) groups excluding carboxylic acids is 1. The van der Waals surface area contributed by atoms with Crippen molar-refractivity contribution in [3.8, 4) is 0 Å². The van der Waals surface area contributed by atoms with Gasteiger partial charge in [-0.25, -0.2) is 0 Å². The van der Waals surface area contributed by atoms with Gasteiger partial charge in [0.2, 0.25) is 0 Å². The van der Waals surface area contributed by atoms with Crippen LogP contribution in [0.5, 0.6) is 0 Å². The Hall–Kier alpha value is -2.85. The molecule has 0 bridgehead atoms. The number of furan rings is 1. The fourth-order valence-corrected chi connectivity index (χ4v) is 3.46. The molecule has 27 heavy (non-hydrogen) atoms. The molecule has 4 heteroatoms. The Morgan fingerprint density at radius 2 is 1.41 bits per heavy atom. The van der Waals surface area contributed by atoms with Crippen LogP contribution in [0, 0.1) is 0 Å². The Morgan fingerprint density at radius 3 is 2.00 bits per heavy atom. The van der Waals surface area contributed by atoms with Gasteiger partial charge in [-0.3, -0.25) is 4.79 Å². The van der Waals surface area contributed by atoms with Crippen LogP contribution in [0.2, 0.25) is 0 Å². The molecule has 0 unspecified atom stereocenters. The van der Waals surface area contributed by atoms with Crippen LogP contribution in [0.3, 0.4) is 0 Å². The summed E-state index contributed by atoms with van der Waals surface area (Å²) >= 11 is 3.46. The lowest BCUT2D eigenvalue weighted by Gasteiger charge is -2.22. The minimum atomic E-state index is -0.116. The van der Waals surface area contributed by atoms with Crippen molar-refractivity contribution in [1.82, 2.24) is 4.90 Å². The summed E-state index contributed by atoms with van der Waals surface area (Å²) in [6.07, 6.45) is 0. The molecule has 4 rings (SSSR count). The smallest absolute Gasteiger partial charge is 0.290 e. The number of fused-ring (bicyclic) bond motifs is 1. The van der Waals surface area contributed by atoms with E-state index in [0.717, 1.165) is 21.0 Å². The first-order chi connectivity index (χ1) is 13.2. The van der Waals surface area contributed by atoms with Crippen LogP contribution in [0.25, 0.3) is 11.0 Å². The zero-order chi connectivity index (χ0) is 18.6. The van der Waals surface area contributed by atoms with Gasteiger partial charge in [-0.05, 0) is 35.4 Å². The van der Waals surface area contributed by atoms with Crippen LogP contribution < -0.4 is 0 Å². The van der Waals surface area contributed by atoms with Gasteiger partial charge in [0.1, 0.15) is 5.58 Å². The number of amides is 1. The van der Waals surface area contributed by atoms with E-state index in [1.165, 1.54) is 0 Å². The average Bonchev–Trinajstić information content (AvgIpc) is 3.11. The van der Waals surface area contributed by atoms with E-state index in [1.54, 1.807) is 0 Å². The van der Waals surface area contributed by atoms with Crippen molar-refractivity contribution >= 4 is 32.8 Å². The Kier molecular flexibility index (Phi) is 5.07. The summed E-state index contributed by atoms with van der Waals surface area (Å²) in [6.45, 7) is 1.05. The van der Waals surface area contributed by atoms with E-state index in [4.69, 9.17) is 4.42 Å². The molecule has 0 spiro atoms. The maximum Gasteiger partial charge on any atom is 0.290 e. The first-order valence-corrected chi connectivity index (χ1v) is 9.54. The Bertz CT molecular complexity index is 1020. The van der Waals surface area contributed by atoms with E-state index in [2.05, 4.69) is 15.9 Å². The minimum absolute atomic E-state index is 0.116. The molecule has 1 heterocycles. The molecule has 3 aromatic carbocycles. The Morgan fingerprint density at radius 1 is 0.815 bits per heavy atom. The number of hydrogen-bond donors (Lipinski definition) is 0. The van der Waals surface area contributed by atoms with Crippen molar-refractivity contribution in [2.24, 2.45) is 0 Å². The highest BCUT2D eigenvalue weighted by atomic mass is 79.9. The molecule has 4 aromatic rings. The molecule has 0 saturated heterocycles. The number of nitrogens with zero attached hydrogens (tertiary/aromatic N) is 1. The van der Waals surface area contributed by atoms with Crippen molar-refractivity contribution in [2.45, 2.75) is 13.1 Å². The van der Waals surface area contributed by atoms with Crippen molar-refractivity contribution in [3.63, 3.8) is 0 Å². The molecule has 0 aliphatic carbocycles. The predicted octanol–water partition coefficient (Wildman–Crippen LogP) is 6.04. The second-order valence-electron chi connectivity index (χ2n) is 6.43. The molecule has 134 valence electrons. The molecule has 3 nitrogen and oxygen atoms in total. The maximum atomic E-state index is 13.2. The molecule has 0 atom stereocenters. The molecule has 1 aromatic heterocycles. The lowest BCUT2D eigenvalue weighted by atomic mass is 10.1. The van der Waals surface area contributed by atoms with Gasteiger partial charge in [-0.1, -0.05) is 76.6 Å². The van der Waals surface area contributed by atoms with E-state index in [0.29, 0.717) is 24.4 Å². The second-order valence-corrected chi connectivity index (χ2v) is 7.34. The van der Waals surface area contributed by atoms with E-state index in [-0.39, 0.29) is 5.91 Å². The first kappa shape index (κ1) is 17.6. The number of halogens is 1. The summed E-state index contributed by atoms with van der Waals surface area (Å²) in [7, 11) is 0. The van der Waals surface area contributed by atoms with Gasteiger partial charge < -0.3 is 9.32 Å². The monoisotopic (exact) mass is 419 g/mol. The molecule has 0 fully saturated rings. The summed E-state index contributed by atoms with van der Waals surface area (Å²) in [6, 6.07) is 27.6. The summed E-state index contributed by atoms with van der Waals surface area (Å²) in [5.41, 5.74) is 2.88. The highest BCUT2D eigenvalue weighted by molar-refractivity contribution is 9.10. The molecule has 0 aliphatic heterocycles. The Balaban J connectivity index is 1.66. The van der Waals surface area contributed by atoms with Crippen LogP contribution in [-0.2, 0) is 13.1 Å². The summed E-state index contributed by atoms with van der Waals surface area (Å²) < 4.78 is 6.79. The summed E-state index contributed by atoms with van der Waals surface area (Å²) in [5.74, 6) is 0.241. The van der Waals surface area contributed by atoms with Gasteiger partial charge in [-0.15, -0.1) is 0 Å². The third-order valence-corrected chi connectivity index (χ3v) is 4.90. The second kappa shape index (κ2) is 7.80. The van der Waals surface area contributed by atoms with Crippen molar-refractivity contribution < 1.29 is 9.21 Å². The van der Waals surface area contributed by atoms with Crippen LogP contribution in [0.4, 0.5) is 0 Å². The van der Waals surface area contributed by atoms with Crippen LogP contribution in [0.1, 0.15) is 21.7 Å². The van der Waals surface area contributed by atoms with Crippen LogP contribution in [-0.4, -0.2) is 10.8 Å². The van der Waals surface area contributed by atoms with E-state index in [1.807, 2.05) is 89.8 Å². The topological polar surface area (TPSA) is 33.5 Å². The number of carbonyl (C=O) groups is 1. The highest BCUT2D eigenvalue weighted by Gasteiger charge is 2.20. The maximum absolute atomic E-state index is 13.2. The van der Waals surface area contributed by atoms with E-state index < -0.39 is 0 Å². The number of rotatable bonds is 5. The molecule has 0 N–H and O–H groups in total. The van der Waals surface area contributed by atoms with Crippen molar-refractivity contribution in [1.29, 1.82) is 0 Å². The molecule has 0 aliphatic rings. The van der Waals surface area contributed by atoms with Gasteiger partial charge in [0.25, 0.3) is 5.91 Å². The standard InChI is InChI=1S/C23H18BrNO2/c24-20-11-12-21-19(13-20)14-22(27-21)23(26)25(15-17-7-3-1-4-8-17)16-18-9-5-2-6-10-18/h1-14H,15-16H2. The van der Waals surface area contributed by atoms with Gasteiger partial charge in [0, 0.05) is 22.9 Å². The zero-order valence-corrected chi connectivity index (χ0v) is 16.2. The third kappa shape index (κ3) is 4.12. The zero-order valence-electron chi connectivity index (χ0n) is 14.6. The van der Waals surface area contributed by atoms with Gasteiger partial charge in [0.05, 0.1) is 0 Å². The lowest BCUT2D eigenvalue weighted by Crippen LogP contribution is -2.29. The van der Waals surface area contributed by atoms with Gasteiger partial charge in [0.15, 0.2) is 5.76 Å². The fraction of sp³-hybridized carbons (Fsp3) is 0.0870. The van der Waals surface area contributed by atoms with Crippen molar-refractivity contribution in [2.75, 3.05) is 0 Å². The van der Waals surface area contributed by atoms with E-state index >= 15 is 0 Å². The largest absolute Gasteiger partial charge is 0.451 e. The molecule has 0 radical (unpaired) electrons. The van der Waals surface area contributed by atoms with Crippen LogP contribution >= 0.6 is 15.9 Å². The van der Waals surface area contributed by atoms with Gasteiger partial charge >= 0.3 is 0 Å². The summed E-state index contributed by atoms with van der Waals surface area (Å²) in [4.78, 5) is 15.0. The number of benzene rings is 3.